The Labute approximate surface area is 736 Å². The van der Waals surface area contributed by atoms with Gasteiger partial charge in [0.1, 0.15) is 13.1 Å². The standard InChI is InChI=1S/C45H51N3O7S.C44H54N6O4S.2C3H8N4/c1-32-22-24-37-35(30-32)44(2,3)39(47(37)29-15-18-33-16-10-7-6-8-11-17-33)19-14-20-40-45(4,5)36-31-34(56(52,53)54)23-25-38(36)46(40)28-13-9-12-21-43(51)55-48-41(49)26-27-42(48)50;1-33-23-25-38-36(31-33)43(2,3)40(50(38)30-15-19-34-17-10-7-6-8-11-18-34)20-14-21-41-44(4,5)37-32-35(55(52,53)54)24-26-39(37)49(41)29-13-9-12-22-42(51)46-27-16-28-47-48-45;2*4-2-1-3-6-7-5/h6-8,10-11,14,16-17,19-20,22-25,30-31H,9,12-13,15,18,21,26-29H2,1-5H3;6-8,10-11,14,17-18,20-21,23-26,31-32H,9,12-13,15-16,19,22,27-30H2,1-5H3,(H-,46,51,52,53,54);2*1-4H2/p+2/b7-6-,8-6?,10-7?,11-8-,16-10?,17-11?,33-16?,33-17?;7-6-,8-6?,10-7?,11-8-,17-10?,18-11?,34-17?,34-18?;;. The first kappa shape index (κ1) is 98.9. The lowest BCUT2D eigenvalue weighted by Crippen LogP contribution is -2.31. The van der Waals surface area contributed by atoms with Crippen LogP contribution >= 0.6 is 0 Å². The van der Waals surface area contributed by atoms with E-state index in [0.29, 0.717) is 89.5 Å². The van der Waals surface area contributed by atoms with Crippen molar-refractivity contribution in [3.8, 4) is 0 Å². The number of nitrogens with zero attached hydrogens (tertiary/aromatic N) is 14. The van der Waals surface area contributed by atoms with Crippen molar-refractivity contribution in [3.63, 3.8) is 0 Å². The molecule has 4 aromatic rings. The van der Waals surface area contributed by atoms with Crippen LogP contribution in [-0.2, 0) is 65.9 Å². The number of hydrogen-bond acceptors (Lipinski definition) is 16. The number of carbonyl (C=O) groups excluding carboxylic acids is 4. The second-order valence-corrected chi connectivity index (χ2v) is 36.4. The van der Waals surface area contributed by atoms with Crippen molar-refractivity contribution in [2.75, 3.05) is 75.2 Å². The third-order valence-electron chi connectivity index (χ3n) is 22.9. The molecule has 4 aromatic carbocycles. The highest BCUT2D eigenvalue weighted by Gasteiger charge is 2.48. The van der Waals surface area contributed by atoms with E-state index in [4.69, 9.17) is 32.9 Å². The smallest absolute Gasteiger partial charge is 0.333 e. The third-order valence-corrected chi connectivity index (χ3v) is 24.6. The van der Waals surface area contributed by atoms with Crippen molar-refractivity contribution in [1.29, 1.82) is 0 Å². The van der Waals surface area contributed by atoms with E-state index in [1.165, 1.54) is 68.3 Å². The molecule has 5 heterocycles. The van der Waals surface area contributed by atoms with Gasteiger partial charge in [-0.25, -0.2) is 4.79 Å². The quantitative estimate of drug-likeness (QED) is 0.00533. The molecule has 11 rings (SSSR count). The maximum absolute atomic E-state index is 12.4. The molecule has 7 aliphatic rings. The Morgan fingerprint density at radius 2 is 0.920 bits per heavy atom. The van der Waals surface area contributed by atoms with Crippen molar-refractivity contribution in [2.24, 2.45) is 26.8 Å². The van der Waals surface area contributed by atoms with Crippen LogP contribution in [0.5, 0.6) is 0 Å². The molecule has 1 saturated heterocycles. The molecule has 0 unspecified atom stereocenters. The number of anilines is 2. The minimum atomic E-state index is -4.42. The summed E-state index contributed by atoms with van der Waals surface area (Å²) in [5.41, 5.74) is 50.3. The minimum Gasteiger partial charge on any atom is -0.356 e. The molecule has 664 valence electrons. The Bertz CT molecular complexity index is 5420. The number of amides is 3. The summed E-state index contributed by atoms with van der Waals surface area (Å²) in [4.78, 5) is 65.8. The second kappa shape index (κ2) is 47.0. The van der Waals surface area contributed by atoms with Crippen molar-refractivity contribution in [1.82, 2.24) is 10.4 Å². The first-order valence-electron chi connectivity index (χ1n) is 42.9. The molecule has 7 N–H and O–H groups in total. The van der Waals surface area contributed by atoms with Gasteiger partial charge in [0.15, 0.2) is 11.4 Å². The molecule has 5 aliphatic heterocycles. The first-order chi connectivity index (χ1) is 59.7. The molecular weight excluding hydrogens is 1620 g/mol. The van der Waals surface area contributed by atoms with Gasteiger partial charge < -0.3 is 31.4 Å². The van der Waals surface area contributed by atoms with E-state index in [0.717, 1.165) is 105 Å². The molecule has 2 aliphatic carbocycles. The van der Waals surface area contributed by atoms with Crippen LogP contribution in [0.4, 0.5) is 22.7 Å². The number of imide groups is 1. The molecule has 0 radical (unpaired) electrons. The monoisotopic (exact) mass is 1740 g/mol. The highest BCUT2D eigenvalue weighted by atomic mass is 32.2. The lowest BCUT2D eigenvalue weighted by molar-refractivity contribution is -0.438. The molecule has 0 bridgehead atoms. The minimum absolute atomic E-state index is 0.0147. The molecular formula is C95H123N17O11S2+2. The normalized spacial score (nSPS) is 18.2. The Morgan fingerprint density at radius 3 is 1.34 bits per heavy atom. The summed E-state index contributed by atoms with van der Waals surface area (Å²) in [6.45, 7) is 27.7. The lowest BCUT2D eigenvalue weighted by Gasteiger charge is -2.27. The van der Waals surface area contributed by atoms with Crippen LogP contribution in [0.25, 0.3) is 31.3 Å². The largest absolute Gasteiger partial charge is 0.356 e. The molecule has 1 fully saturated rings. The Balaban J connectivity index is 0.000000268. The number of nitrogens with one attached hydrogen (secondary N) is 1. The molecule has 30 heteroatoms. The maximum atomic E-state index is 12.4. The van der Waals surface area contributed by atoms with Crippen molar-refractivity contribution >= 4 is 78.1 Å². The van der Waals surface area contributed by atoms with E-state index in [-0.39, 0.29) is 45.8 Å². The average molecular weight is 1740 g/mol. The number of nitrogens with two attached hydrogens (primary N) is 2. The Morgan fingerprint density at radius 1 is 0.512 bits per heavy atom. The van der Waals surface area contributed by atoms with Crippen LogP contribution in [0.1, 0.15) is 198 Å². The number of rotatable bonds is 37. The number of unbranched alkanes of at least 4 members (excludes halogenated alkanes) is 4. The van der Waals surface area contributed by atoms with Gasteiger partial charge in [-0.2, -0.15) is 26.0 Å². The average Bonchev–Trinajstić information content (AvgIpc) is 1.61. The Hall–Kier alpha value is -11.6. The van der Waals surface area contributed by atoms with Gasteiger partial charge in [0.05, 0.1) is 20.6 Å². The number of benzene rings is 4. The topological polar surface area (TPSA) is 412 Å². The molecule has 0 saturated carbocycles. The van der Waals surface area contributed by atoms with Crippen molar-refractivity contribution < 1.29 is 59.1 Å². The van der Waals surface area contributed by atoms with Gasteiger partial charge in [0.2, 0.25) is 17.3 Å². The molecule has 0 aromatic heterocycles. The fourth-order valence-corrected chi connectivity index (χ4v) is 17.3. The van der Waals surface area contributed by atoms with Crippen LogP contribution in [-0.4, -0.2) is 141 Å². The van der Waals surface area contributed by atoms with Gasteiger partial charge >= 0.3 is 5.97 Å². The fraction of sp³-hybridized carbons (Fsp3) is 0.432. The zero-order valence-electron chi connectivity index (χ0n) is 73.9. The zero-order valence-corrected chi connectivity index (χ0v) is 75.5. The van der Waals surface area contributed by atoms with Crippen LogP contribution in [0.15, 0.2) is 242 Å². The number of carbonyl (C=O) groups is 4. The highest BCUT2D eigenvalue weighted by molar-refractivity contribution is 7.86. The van der Waals surface area contributed by atoms with Crippen molar-refractivity contribution in [3.05, 3.63) is 282 Å². The zero-order chi connectivity index (χ0) is 91.0. The number of fused-ring (bicyclic) bond motifs is 4. The van der Waals surface area contributed by atoms with E-state index in [1.807, 2.05) is 24.3 Å². The number of hydrogen-bond donors (Lipinski definition) is 5. The Kier molecular flexibility index (Phi) is 37.2. The molecule has 125 heavy (non-hydrogen) atoms. The van der Waals surface area contributed by atoms with Crippen LogP contribution in [0.2, 0.25) is 0 Å². The predicted octanol–water partition coefficient (Wildman–Crippen LogP) is 19.3. The lowest BCUT2D eigenvalue weighted by atomic mass is 9.81. The predicted molar refractivity (Wildman–Crippen MR) is 496 cm³/mol. The summed E-state index contributed by atoms with van der Waals surface area (Å²) in [5, 5.41) is 13.5. The van der Waals surface area contributed by atoms with Crippen LogP contribution < -0.4 is 26.6 Å². The van der Waals surface area contributed by atoms with Crippen molar-refractivity contribution in [2.45, 2.75) is 210 Å². The number of aryl methyl sites for hydroxylation is 2. The summed E-state index contributed by atoms with van der Waals surface area (Å²) in [5.74, 6) is -1.64. The van der Waals surface area contributed by atoms with Gasteiger partial charge in [0.25, 0.3) is 32.1 Å². The van der Waals surface area contributed by atoms with Gasteiger partial charge in [-0.3, -0.25) is 23.5 Å². The van der Waals surface area contributed by atoms with Crippen LogP contribution in [0.3, 0.4) is 0 Å². The summed E-state index contributed by atoms with van der Waals surface area (Å²) in [6, 6.07) is 23.0. The summed E-state index contributed by atoms with van der Waals surface area (Å²) in [6.07, 6.45) is 53.1. The van der Waals surface area contributed by atoms with Crippen LogP contribution in [0, 0.1) is 13.8 Å². The SMILES string of the molecule is Cc1ccc2c(c1)C(C)(C)C(=CC=CC1=[N+](CCCCCC(=O)NCCCN=[N+]=[N-])c3ccc(S(=O)(=O)O)cc3C1(C)C)N2CCCC1=C/C=C\C=C/C=C1.Cc1ccc2c(c1)C(C)(C)C(=CC=CC1=[N+](CCCCCC(=O)ON3C(=O)CCC3=O)c3ccc(S(=O)(=O)O)cc3C1(C)C)N2CCCC1=C/C=C\C=C/C=C1.[N-]=[N+]=NCCCN.[N-]=[N+]=NCCCN. The maximum Gasteiger partial charge on any atom is 0.333 e. The van der Waals surface area contributed by atoms with Gasteiger partial charge in [-0.15, -0.1) is 5.06 Å². The van der Waals surface area contributed by atoms with E-state index >= 15 is 0 Å². The summed E-state index contributed by atoms with van der Waals surface area (Å²) in [7, 11) is -8.80. The van der Waals surface area contributed by atoms with E-state index < -0.39 is 48.8 Å². The van der Waals surface area contributed by atoms with Gasteiger partial charge in [0, 0.05) is 162 Å². The van der Waals surface area contributed by atoms with E-state index in [1.54, 1.807) is 24.3 Å². The fourth-order valence-electron chi connectivity index (χ4n) is 16.2. The van der Waals surface area contributed by atoms with Gasteiger partial charge in [-0.1, -0.05) is 176 Å². The first-order valence-corrected chi connectivity index (χ1v) is 45.8. The number of azide groups is 3. The molecule has 3 amide bonds. The summed E-state index contributed by atoms with van der Waals surface area (Å²) < 4.78 is 73.0. The summed E-state index contributed by atoms with van der Waals surface area (Å²) >= 11 is 0. The molecule has 0 spiro atoms. The number of allylic oxidation sites excluding steroid dienone is 24. The van der Waals surface area contributed by atoms with E-state index in [9.17, 15) is 45.1 Å². The number of hydroxylamine groups is 2. The highest BCUT2D eigenvalue weighted by Crippen LogP contribution is 2.51. The molecule has 0 atom stereocenters. The third kappa shape index (κ3) is 27.2. The second-order valence-electron chi connectivity index (χ2n) is 33.5. The van der Waals surface area contributed by atoms with E-state index in [2.05, 4.69) is 257 Å². The molecule has 28 nitrogen and oxygen atoms in total. The van der Waals surface area contributed by atoms with Gasteiger partial charge in [-0.05, 0) is 213 Å².